The molecule has 0 aliphatic carbocycles. The topological polar surface area (TPSA) is 124 Å². The molecule has 76 valence electrons. The van der Waals surface area contributed by atoms with E-state index < -0.39 is 5.91 Å². The molecule has 15 heavy (non-hydrogen) atoms. The molecule has 1 amide bonds. The Bertz CT molecular complexity index is 505. The van der Waals surface area contributed by atoms with Crippen molar-refractivity contribution in [3.63, 3.8) is 0 Å². The first-order chi connectivity index (χ1) is 7.20. The lowest BCUT2D eigenvalue weighted by Crippen LogP contribution is -2.11. The summed E-state index contributed by atoms with van der Waals surface area (Å²) >= 11 is 0. The minimum absolute atomic E-state index is 0.261. The first-order valence-corrected chi connectivity index (χ1v) is 4.09. The molecule has 5 N–H and O–H groups in total. The molecule has 0 atom stereocenters. The van der Waals surface area contributed by atoms with Gasteiger partial charge in [0.2, 0.25) is 0 Å². The van der Waals surface area contributed by atoms with E-state index in [1.807, 2.05) is 0 Å². The van der Waals surface area contributed by atoms with Gasteiger partial charge in [-0.3, -0.25) is 9.89 Å². The van der Waals surface area contributed by atoms with Crippen LogP contribution in [0.5, 0.6) is 0 Å². The molecular formula is C8H8N6O. The number of carbonyl (C=O) groups is 1. The van der Waals surface area contributed by atoms with Crippen molar-refractivity contribution in [2.45, 2.75) is 0 Å². The van der Waals surface area contributed by atoms with E-state index in [1.165, 1.54) is 18.7 Å². The number of anilines is 1. The van der Waals surface area contributed by atoms with Gasteiger partial charge in [-0.15, -0.1) is 0 Å². The number of hydrogen-bond acceptors (Lipinski definition) is 5. The van der Waals surface area contributed by atoms with Crippen molar-refractivity contribution in [1.29, 1.82) is 0 Å². The summed E-state index contributed by atoms with van der Waals surface area (Å²) in [7, 11) is 0. The fourth-order valence-corrected chi connectivity index (χ4v) is 1.21. The lowest BCUT2D eigenvalue weighted by Gasteiger charge is -2.01. The molecule has 2 aromatic heterocycles. The third-order valence-corrected chi connectivity index (χ3v) is 1.92. The van der Waals surface area contributed by atoms with Gasteiger partial charge in [0.1, 0.15) is 12.1 Å². The van der Waals surface area contributed by atoms with Crippen molar-refractivity contribution in [2.24, 2.45) is 5.73 Å². The number of primary amides is 1. The van der Waals surface area contributed by atoms with Crippen LogP contribution in [0.3, 0.4) is 0 Å². The first-order valence-electron chi connectivity index (χ1n) is 4.09. The summed E-state index contributed by atoms with van der Waals surface area (Å²) in [5.74, 6) is -0.321. The third kappa shape index (κ3) is 1.50. The molecule has 0 saturated heterocycles. The number of aromatic amines is 1. The van der Waals surface area contributed by atoms with E-state index in [2.05, 4.69) is 20.2 Å². The molecule has 0 bridgehead atoms. The zero-order chi connectivity index (χ0) is 10.8. The zero-order valence-electron chi connectivity index (χ0n) is 7.64. The number of nitrogens with one attached hydrogen (secondary N) is 1. The molecule has 0 fully saturated rings. The summed E-state index contributed by atoms with van der Waals surface area (Å²) in [6, 6.07) is 0. The maximum atomic E-state index is 11.0. The average Bonchev–Trinajstić information content (AvgIpc) is 2.67. The normalized spacial score (nSPS) is 10.1. The summed E-state index contributed by atoms with van der Waals surface area (Å²) in [5, 5.41) is 6.36. The highest BCUT2D eigenvalue weighted by atomic mass is 16.1. The van der Waals surface area contributed by atoms with E-state index in [-0.39, 0.29) is 11.4 Å². The fourth-order valence-electron chi connectivity index (χ4n) is 1.21. The van der Waals surface area contributed by atoms with Gasteiger partial charge in [-0.1, -0.05) is 0 Å². The molecule has 7 heteroatoms. The molecule has 2 aromatic rings. The molecule has 2 rings (SSSR count). The van der Waals surface area contributed by atoms with E-state index in [0.29, 0.717) is 11.3 Å². The van der Waals surface area contributed by atoms with Crippen molar-refractivity contribution in [1.82, 2.24) is 20.2 Å². The van der Waals surface area contributed by atoms with Crippen LogP contribution in [-0.2, 0) is 0 Å². The second-order valence-electron chi connectivity index (χ2n) is 2.84. The summed E-state index contributed by atoms with van der Waals surface area (Å²) in [6.07, 6.45) is 4.14. The van der Waals surface area contributed by atoms with Crippen LogP contribution in [-0.4, -0.2) is 26.1 Å². The summed E-state index contributed by atoms with van der Waals surface area (Å²) < 4.78 is 0. The summed E-state index contributed by atoms with van der Waals surface area (Å²) in [5.41, 5.74) is 12.0. The number of H-pyrrole nitrogens is 1. The van der Waals surface area contributed by atoms with Gasteiger partial charge in [-0.05, 0) is 0 Å². The highest BCUT2D eigenvalue weighted by molar-refractivity contribution is 5.99. The van der Waals surface area contributed by atoms with Crippen LogP contribution in [0, 0.1) is 0 Å². The van der Waals surface area contributed by atoms with Crippen LogP contribution >= 0.6 is 0 Å². The average molecular weight is 204 g/mol. The Hall–Kier alpha value is -2.44. The first kappa shape index (κ1) is 9.13. The quantitative estimate of drug-likeness (QED) is 0.611. The predicted octanol–water partition coefficient (Wildman–Crippen LogP) is -0.452. The van der Waals surface area contributed by atoms with Gasteiger partial charge in [0.05, 0.1) is 23.0 Å². The number of nitrogens with zero attached hydrogens (tertiary/aromatic N) is 3. The Morgan fingerprint density at radius 2 is 2.20 bits per heavy atom. The summed E-state index contributed by atoms with van der Waals surface area (Å²) in [6.45, 7) is 0. The second-order valence-corrected chi connectivity index (χ2v) is 2.84. The Morgan fingerprint density at radius 1 is 1.40 bits per heavy atom. The largest absolute Gasteiger partial charge is 0.383 e. The molecule has 0 radical (unpaired) electrons. The van der Waals surface area contributed by atoms with E-state index in [0.717, 1.165) is 0 Å². The maximum absolute atomic E-state index is 11.0. The Morgan fingerprint density at radius 3 is 2.87 bits per heavy atom. The van der Waals surface area contributed by atoms with Crippen molar-refractivity contribution in [3.8, 4) is 11.3 Å². The van der Waals surface area contributed by atoms with E-state index >= 15 is 0 Å². The fraction of sp³-hybridized carbons (Fsp3) is 0. The monoisotopic (exact) mass is 204 g/mol. The van der Waals surface area contributed by atoms with Gasteiger partial charge in [-0.25, -0.2) is 9.97 Å². The van der Waals surface area contributed by atoms with E-state index in [9.17, 15) is 4.79 Å². The van der Waals surface area contributed by atoms with Gasteiger partial charge in [0.15, 0.2) is 0 Å². The van der Waals surface area contributed by atoms with Crippen molar-refractivity contribution in [2.75, 3.05) is 5.73 Å². The molecule has 0 aliphatic heterocycles. The van der Waals surface area contributed by atoms with Gasteiger partial charge < -0.3 is 11.5 Å². The van der Waals surface area contributed by atoms with Crippen LogP contribution < -0.4 is 11.5 Å². The van der Waals surface area contributed by atoms with Crippen LogP contribution in [0.4, 0.5) is 5.82 Å². The van der Waals surface area contributed by atoms with E-state index in [1.54, 1.807) is 0 Å². The van der Waals surface area contributed by atoms with Crippen molar-refractivity contribution >= 4 is 11.7 Å². The number of carbonyl (C=O) groups excluding carboxylic acids is 1. The van der Waals surface area contributed by atoms with Crippen molar-refractivity contribution in [3.05, 3.63) is 24.3 Å². The Kier molecular flexibility index (Phi) is 2.05. The smallest absolute Gasteiger partial charge is 0.252 e. The van der Waals surface area contributed by atoms with Crippen LogP contribution in [0.2, 0.25) is 0 Å². The lowest BCUT2D eigenvalue weighted by atomic mass is 10.1. The molecule has 0 spiro atoms. The third-order valence-electron chi connectivity index (χ3n) is 1.92. The number of rotatable bonds is 2. The highest BCUT2D eigenvalue weighted by Gasteiger charge is 2.14. The number of nitrogen functional groups attached to an aromatic ring is 1. The second kappa shape index (κ2) is 3.37. The van der Waals surface area contributed by atoms with Gasteiger partial charge in [0, 0.05) is 6.20 Å². The standard InChI is InChI=1S/C8H8N6O/c9-7-4(1-11-3-12-7)6-5(8(10)15)2-13-14-6/h1-3H,(H2,10,15)(H,13,14)(H2,9,11,12). The molecule has 2 heterocycles. The summed E-state index contributed by atoms with van der Waals surface area (Å²) in [4.78, 5) is 18.7. The Balaban J connectivity index is 2.59. The highest BCUT2D eigenvalue weighted by Crippen LogP contribution is 2.23. The number of hydrogen-bond donors (Lipinski definition) is 3. The molecular weight excluding hydrogens is 196 g/mol. The molecule has 0 aromatic carbocycles. The van der Waals surface area contributed by atoms with Crippen LogP contribution in [0.1, 0.15) is 10.4 Å². The van der Waals surface area contributed by atoms with Crippen LogP contribution in [0.15, 0.2) is 18.7 Å². The predicted molar refractivity (Wildman–Crippen MR) is 52.5 cm³/mol. The minimum Gasteiger partial charge on any atom is -0.383 e. The number of aromatic nitrogens is 4. The molecule has 7 nitrogen and oxygen atoms in total. The Labute approximate surface area is 84.5 Å². The minimum atomic E-state index is -0.581. The number of nitrogens with two attached hydrogens (primary N) is 2. The maximum Gasteiger partial charge on any atom is 0.252 e. The molecule has 0 unspecified atom stereocenters. The SMILES string of the molecule is NC(=O)c1cn[nH]c1-c1cncnc1N. The van der Waals surface area contributed by atoms with E-state index in [4.69, 9.17) is 11.5 Å². The van der Waals surface area contributed by atoms with Gasteiger partial charge in [0.25, 0.3) is 5.91 Å². The van der Waals surface area contributed by atoms with Gasteiger partial charge >= 0.3 is 0 Å². The number of amides is 1. The van der Waals surface area contributed by atoms with Gasteiger partial charge in [-0.2, -0.15) is 5.10 Å². The van der Waals surface area contributed by atoms with Crippen molar-refractivity contribution < 1.29 is 4.79 Å². The molecule has 0 saturated carbocycles. The molecule has 0 aliphatic rings. The zero-order valence-corrected chi connectivity index (χ0v) is 7.64. The lowest BCUT2D eigenvalue weighted by molar-refractivity contribution is 0.100. The van der Waals surface area contributed by atoms with Crippen LogP contribution in [0.25, 0.3) is 11.3 Å².